The Morgan fingerprint density at radius 1 is 1.50 bits per heavy atom. The summed E-state index contributed by atoms with van der Waals surface area (Å²) in [7, 11) is 4.11. The van der Waals surface area contributed by atoms with Crippen LogP contribution in [-0.4, -0.2) is 63.4 Å². The van der Waals surface area contributed by atoms with Crippen molar-refractivity contribution < 1.29 is 4.79 Å². The van der Waals surface area contributed by atoms with Crippen LogP contribution >= 0.6 is 11.8 Å². The zero-order valence-electron chi connectivity index (χ0n) is 12.7. The Labute approximate surface area is 125 Å². The van der Waals surface area contributed by atoms with Gasteiger partial charge in [0.25, 0.3) is 0 Å². The molecule has 20 heavy (non-hydrogen) atoms. The molecule has 2 atom stereocenters. The molecule has 2 rings (SSSR count). The van der Waals surface area contributed by atoms with E-state index in [-0.39, 0.29) is 17.2 Å². The van der Waals surface area contributed by atoms with Gasteiger partial charge in [-0.15, -0.1) is 0 Å². The second-order valence-corrected chi connectivity index (χ2v) is 6.35. The maximum Gasteiger partial charge on any atom is 0.235 e. The van der Waals surface area contributed by atoms with E-state index in [4.69, 9.17) is 0 Å². The summed E-state index contributed by atoms with van der Waals surface area (Å²) in [4.78, 5) is 21.3. The highest BCUT2D eigenvalue weighted by atomic mass is 32.2. The van der Waals surface area contributed by atoms with Crippen LogP contribution in [0.5, 0.6) is 0 Å². The highest BCUT2D eigenvalue weighted by molar-refractivity contribution is 7.99. The number of rotatable bonds is 4. The van der Waals surface area contributed by atoms with Crippen molar-refractivity contribution in [3.8, 4) is 0 Å². The zero-order valence-corrected chi connectivity index (χ0v) is 13.6. The van der Waals surface area contributed by atoms with E-state index in [0.717, 1.165) is 31.9 Å². The van der Waals surface area contributed by atoms with Crippen LogP contribution in [0.25, 0.3) is 0 Å². The zero-order chi connectivity index (χ0) is 14.7. The number of carbonyl (C=O) groups excluding carboxylic acids is 1. The van der Waals surface area contributed by atoms with E-state index < -0.39 is 0 Å². The van der Waals surface area contributed by atoms with Crippen molar-refractivity contribution >= 4 is 17.7 Å². The Balaban J connectivity index is 2.12. The van der Waals surface area contributed by atoms with Gasteiger partial charge in [-0.3, -0.25) is 9.69 Å². The van der Waals surface area contributed by atoms with Crippen molar-refractivity contribution in [2.75, 3.05) is 32.9 Å². The van der Waals surface area contributed by atoms with E-state index >= 15 is 0 Å². The summed E-state index contributed by atoms with van der Waals surface area (Å²) in [6.45, 7) is 4.52. The third-order valence-corrected chi connectivity index (χ3v) is 5.15. The predicted molar refractivity (Wildman–Crippen MR) is 82.8 cm³/mol. The Morgan fingerprint density at radius 2 is 2.25 bits per heavy atom. The number of amides is 1. The van der Waals surface area contributed by atoms with Crippen molar-refractivity contribution in [1.29, 1.82) is 0 Å². The SMILES string of the molecule is CC[C@H](SC)C(=O)N1CCN(C)[C@H](c2nccn2C)C1. The summed E-state index contributed by atoms with van der Waals surface area (Å²) < 4.78 is 2.04. The number of hydrogen-bond acceptors (Lipinski definition) is 4. The van der Waals surface area contributed by atoms with Gasteiger partial charge in [-0.2, -0.15) is 11.8 Å². The largest absolute Gasteiger partial charge is 0.338 e. The van der Waals surface area contributed by atoms with Crippen LogP contribution in [0.1, 0.15) is 25.2 Å². The van der Waals surface area contributed by atoms with Crippen LogP contribution in [0, 0.1) is 0 Å². The van der Waals surface area contributed by atoms with Crippen molar-refractivity contribution in [2.45, 2.75) is 24.6 Å². The molecular weight excluding hydrogens is 272 g/mol. The van der Waals surface area contributed by atoms with E-state index in [9.17, 15) is 4.79 Å². The molecule has 112 valence electrons. The number of thioether (sulfide) groups is 1. The molecule has 0 saturated carbocycles. The third kappa shape index (κ3) is 3.01. The van der Waals surface area contributed by atoms with Gasteiger partial charge < -0.3 is 9.47 Å². The molecule has 0 spiro atoms. The van der Waals surface area contributed by atoms with Crippen LogP contribution in [0.4, 0.5) is 0 Å². The molecule has 0 aliphatic carbocycles. The van der Waals surface area contributed by atoms with E-state index in [1.54, 1.807) is 11.8 Å². The first-order valence-electron chi connectivity index (χ1n) is 7.07. The minimum absolute atomic E-state index is 0.0837. The van der Waals surface area contributed by atoms with Crippen LogP contribution < -0.4 is 0 Å². The number of piperazine rings is 1. The molecular formula is C14H24N4OS. The summed E-state index contributed by atoms with van der Waals surface area (Å²) in [5.41, 5.74) is 0. The van der Waals surface area contributed by atoms with Crippen molar-refractivity contribution in [2.24, 2.45) is 7.05 Å². The molecule has 2 heterocycles. The number of hydrogen-bond donors (Lipinski definition) is 0. The van der Waals surface area contributed by atoms with Gasteiger partial charge >= 0.3 is 0 Å². The predicted octanol–water partition coefficient (Wildman–Crippen LogP) is 1.38. The topological polar surface area (TPSA) is 41.4 Å². The number of imidazole rings is 1. The van der Waals surface area contributed by atoms with E-state index in [1.165, 1.54) is 0 Å². The molecule has 1 saturated heterocycles. The van der Waals surface area contributed by atoms with Gasteiger partial charge in [-0.25, -0.2) is 4.98 Å². The molecule has 0 N–H and O–H groups in total. The average Bonchev–Trinajstić information content (AvgIpc) is 2.86. The fourth-order valence-electron chi connectivity index (χ4n) is 2.70. The van der Waals surface area contributed by atoms with Gasteiger partial charge in [0, 0.05) is 39.1 Å². The second kappa shape index (κ2) is 6.63. The molecule has 0 aromatic carbocycles. The van der Waals surface area contributed by atoms with Gasteiger partial charge in [0.1, 0.15) is 5.82 Å². The lowest BCUT2D eigenvalue weighted by Crippen LogP contribution is -2.51. The van der Waals surface area contributed by atoms with Crippen LogP contribution in [0.3, 0.4) is 0 Å². The van der Waals surface area contributed by atoms with E-state index in [2.05, 4.69) is 23.9 Å². The molecule has 1 aliphatic heterocycles. The van der Waals surface area contributed by atoms with E-state index in [0.29, 0.717) is 0 Å². The molecule has 0 bridgehead atoms. The Morgan fingerprint density at radius 3 is 2.80 bits per heavy atom. The Bertz CT molecular complexity index is 458. The Hall–Kier alpha value is -1.01. The second-order valence-electron chi connectivity index (χ2n) is 5.31. The standard InChI is InChI=1S/C14H24N4OS/c1-5-12(20-4)14(19)18-9-8-16(2)11(10-18)13-15-6-7-17(13)3/h6-7,11-12H,5,8-10H2,1-4H3/t11-,12-/m0/s1. The highest BCUT2D eigenvalue weighted by Crippen LogP contribution is 2.24. The van der Waals surface area contributed by atoms with Gasteiger partial charge in [-0.1, -0.05) is 6.92 Å². The number of nitrogens with zero attached hydrogens (tertiary/aromatic N) is 4. The highest BCUT2D eigenvalue weighted by Gasteiger charge is 2.32. The monoisotopic (exact) mass is 296 g/mol. The molecule has 1 aliphatic rings. The maximum atomic E-state index is 12.5. The lowest BCUT2D eigenvalue weighted by atomic mass is 10.1. The number of aryl methyl sites for hydroxylation is 1. The molecule has 0 radical (unpaired) electrons. The molecule has 1 amide bonds. The minimum atomic E-state index is 0.0837. The smallest absolute Gasteiger partial charge is 0.235 e. The third-order valence-electron chi connectivity index (χ3n) is 4.05. The van der Waals surface area contributed by atoms with Crippen molar-refractivity contribution in [3.63, 3.8) is 0 Å². The number of aromatic nitrogens is 2. The summed E-state index contributed by atoms with van der Waals surface area (Å²) in [5, 5.41) is 0.0837. The normalized spacial score (nSPS) is 22.0. The van der Waals surface area contributed by atoms with Gasteiger partial charge in [0.05, 0.1) is 11.3 Å². The lowest BCUT2D eigenvalue weighted by molar-refractivity contribution is -0.133. The van der Waals surface area contributed by atoms with Gasteiger partial charge in [0.2, 0.25) is 5.91 Å². The summed E-state index contributed by atoms with van der Waals surface area (Å²) in [6.07, 6.45) is 6.68. The fourth-order valence-corrected chi connectivity index (χ4v) is 3.38. The molecule has 0 unspecified atom stereocenters. The first-order chi connectivity index (χ1) is 9.58. The van der Waals surface area contributed by atoms with Gasteiger partial charge in [0.15, 0.2) is 0 Å². The number of likely N-dealkylation sites (N-methyl/N-ethyl adjacent to an activating group) is 1. The quantitative estimate of drug-likeness (QED) is 0.842. The van der Waals surface area contributed by atoms with Gasteiger partial charge in [-0.05, 0) is 19.7 Å². The lowest BCUT2D eigenvalue weighted by Gasteiger charge is -2.40. The summed E-state index contributed by atoms with van der Waals surface area (Å²) >= 11 is 1.65. The first-order valence-corrected chi connectivity index (χ1v) is 8.36. The molecule has 5 nitrogen and oxygen atoms in total. The molecule has 1 aromatic heterocycles. The molecule has 1 aromatic rings. The van der Waals surface area contributed by atoms with Crippen molar-refractivity contribution in [3.05, 3.63) is 18.2 Å². The van der Waals surface area contributed by atoms with Crippen LogP contribution in [-0.2, 0) is 11.8 Å². The summed E-state index contributed by atoms with van der Waals surface area (Å²) in [6, 6.07) is 0.187. The average molecular weight is 296 g/mol. The van der Waals surface area contributed by atoms with Crippen LogP contribution in [0.15, 0.2) is 12.4 Å². The van der Waals surface area contributed by atoms with Crippen molar-refractivity contribution in [1.82, 2.24) is 19.4 Å². The first kappa shape index (κ1) is 15.4. The van der Waals surface area contributed by atoms with E-state index in [1.807, 2.05) is 35.2 Å². The molecule has 1 fully saturated rings. The Kier molecular flexibility index (Phi) is 5.10. The minimum Gasteiger partial charge on any atom is -0.338 e. The summed E-state index contributed by atoms with van der Waals surface area (Å²) in [5.74, 6) is 1.30. The fraction of sp³-hybridized carbons (Fsp3) is 0.714. The van der Waals surface area contributed by atoms with Crippen LogP contribution in [0.2, 0.25) is 0 Å². The number of carbonyl (C=O) groups is 1. The maximum absolute atomic E-state index is 12.5. The molecule has 6 heteroatoms.